The van der Waals surface area contributed by atoms with Gasteiger partial charge in [-0.25, -0.2) is 9.59 Å². The number of urea groups is 1. The molecule has 0 aliphatic carbocycles. The van der Waals surface area contributed by atoms with Gasteiger partial charge in [0.15, 0.2) is 0 Å². The Balaban J connectivity index is 2.01. The van der Waals surface area contributed by atoms with Crippen molar-refractivity contribution in [1.29, 1.82) is 0 Å². The highest BCUT2D eigenvalue weighted by Crippen LogP contribution is 2.22. The van der Waals surface area contributed by atoms with E-state index in [1.165, 1.54) is 0 Å². The fraction of sp³-hybridized carbons (Fsp3) is 0.500. The maximum atomic E-state index is 12.1. The molecule has 0 atom stereocenters. The van der Waals surface area contributed by atoms with Gasteiger partial charge >= 0.3 is 12.0 Å². The van der Waals surface area contributed by atoms with Gasteiger partial charge in [0.1, 0.15) is 0 Å². The fourth-order valence-corrected chi connectivity index (χ4v) is 2.56. The van der Waals surface area contributed by atoms with Gasteiger partial charge in [-0.15, -0.1) is 0 Å². The van der Waals surface area contributed by atoms with Gasteiger partial charge < -0.3 is 15.3 Å². The smallest absolute Gasteiger partial charge is 0.335 e. The summed E-state index contributed by atoms with van der Waals surface area (Å²) in [4.78, 5) is 25.1. The lowest BCUT2D eigenvalue weighted by molar-refractivity contribution is 0.0695. The van der Waals surface area contributed by atoms with Crippen LogP contribution in [0.2, 0.25) is 0 Å². The number of fused-ring (bicyclic) bond motifs is 1. The van der Waals surface area contributed by atoms with Crippen molar-refractivity contribution in [3.63, 3.8) is 0 Å². The Morgan fingerprint density at radius 3 is 2.81 bits per heavy atom. The molecule has 5 nitrogen and oxygen atoms in total. The number of rotatable bonds is 4. The van der Waals surface area contributed by atoms with E-state index in [9.17, 15) is 14.7 Å². The molecule has 2 amide bonds. The number of nitrogens with zero attached hydrogens (tertiary/aromatic N) is 1. The molecule has 21 heavy (non-hydrogen) atoms. The van der Waals surface area contributed by atoms with Gasteiger partial charge in [-0.1, -0.05) is 26.0 Å². The molecule has 0 saturated heterocycles. The molecule has 2 rings (SSSR count). The maximum absolute atomic E-state index is 12.1. The first kappa shape index (κ1) is 15.4. The number of carboxylic acid groups (broad SMARTS) is 1. The number of aromatic carboxylic acids is 1. The molecule has 0 unspecified atom stereocenters. The number of benzene rings is 1. The van der Waals surface area contributed by atoms with Crippen LogP contribution in [0.3, 0.4) is 0 Å². The zero-order valence-electron chi connectivity index (χ0n) is 12.6. The average molecular weight is 290 g/mol. The van der Waals surface area contributed by atoms with E-state index in [1.54, 1.807) is 17.0 Å². The highest BCUT2D eigenvalue weighted by molar-refractivity contribution is 5.90. The molecule has 114 valence electrons. The van der Waals surface area contributed by atoms with Crippen LogP contribution in [0.5, 0.6) is 0 Å². The summed E-state index contributed by atoms with van der Waals surface area (Å²) in [6.45, 7) is 5.96. The van der Waals surface area contributed by atoms with Gasteiger partial charge in [0.05, 0.1) is 5.56 Å². The second kappa shape index (κ2) is 6.61. The van der Waals surface area contributed by atoms with Crippen molar-refractivity contribution in [2.24, 2.45) is 5.92 Å². The van der Waals surface area contributed by atoms with Crippen molar-refractivity contribution in [1.82, 2.24) is 10.2 Å². The van der Waals surface area contributed by atoms with Crippen LogP contribution in [0.1, 0.15) is 41.8 Å². The topological polar surface area (TPSA) is 69.6 Å². The Morgan fingerprint density at radius 2 is 2.14 bits per heavy atom. The summed E-state index contributed by atoms with van der Waals surface area (Å²) in [7, 11) is 0. The molecule has 5 heteroatoms. The average Bonchev–Trinajstić information content (AvgIpc) is 2.45. The number of hydrogen-bond acceptors (Lipinski definition) is 2. The second-order valence-corrected chi connectivity index (χ2v) is 5.83. The summed E-state index contributed by atoms with van der Waals surface area (Å²) in [6.07, 6.45) is 1.55. The molecule has 0 aromatic heterocycles. The maximum Gasteiger partial charge on any atom is 0.335 e. The molecule has 0 saturated carbocycles. The Morgan fingerprint density at radius 1 is 1.38 bits per heavy atom. The number of hydrogen-bond donors (Lipinski definition) is 2. The lowest BCUT2D eigenvalue weighted by atomic mass is 9.94. The van der Waals surface area contributed by atoms with E-state index in [2.05, 4.69) is 19.2 Å². The zero-order chi connectivity index (χ0) is 15.4. The molecule has 1 aliphatic rings. The Labute approximate surface area is 125 Å². The van der Waals surface area contributed by atoms with Crippen LogP contribution in [0.25, 0.3) is 0 Å². The standard InChI is InChI=1S/C16H22N2O3/c1-11(2)6-8-17-16(21)18-9-7-13-12(10-18)4-3-5-14(13)15(19)20/h3-5,11H,6-10H2,1-2H3,(H,17,21)(H,19,20). The molecule has 1 aliphatic heterocycles. The normalized spacial score (nSPS) is 14.0. The minimum Gasteiger partial charge on any atom is -0.478 e. The third-order valence-electron chi connectivity index (χ3n) is 3.78. The van der Waals surface area contributed by atoms with Crippen molar-refractivity contribution < 1.29 is 14.7 Å². The van der Waals surface area contributed by atoms with Crippen molar-refractivity contribution in [3.05, 3.63) is 34.9 Å². The van der Waals surface area contributed by atoms with Crippen molar-refractivity contribution in [3.8, 4) is 0 Å². The van der Waals surface area contributed by atoms with E-state index in [0.29, 0.717) is 37.5 Å². The van der Waals surface area contributed by atoms with E-state index < -0.39 is 5.97 Å². The highest BCUT2D eigenvalue weighted by Gasteiger charge is 2.23. The van der Waals surface area contributed by atoms with E-state index in [4.69, 9.17) is 0 Å². The summed E-state index contributed by atoms with van der Waals surface area (Å²) in [5.41, 5.74) is 2.14. The highest BCUT2D eigenvalue weighted by atomic mass is 16.4. The predicted octanol–water partition coefficient (Wildman–Crippen LogP) is 2.50. The van der Waals surface area contributed by atoms with Crippen molar-refractivity contribution in [2.45, 2.75) is 33.2 Å². The monoisotopic (exact) mass is 290 g/mol. The molecule has 2 N–H and O–H groups in total. The van der Waals surface area contributed by atoms with Gasteiger partial charge in [0.25, 0.3) is 0 Å². The Kier molecular flexibility index (Phi) is 4.83. The van der Waals surface area contributed by atoms with Crippen molar-refractivity contribution >= 4 is 12.0 Å². The lowest BCUT2D eigenvalue weighted by Crippen LogP contribution is -2.43. The molecule has 0 fully saturated rings. The largest absolute Gasteiger partial charge is 0.478 e. The first-order valence-corrected chi connectivity index (χ1v) is 7.36. The molecule has 1 aromatic rings. The molecule has 1 aromatic carbocycles. The third kappa shape index (κ3) is 3.74. The number of amides is 2. The van der Waals surface area contributed by atoms with Gasteiger partial charge in [0.2, 0.25) is 0 Å². The number of nitrogens with one attached hydrogen (secondary N) is 1. The van der Waals surface area contributed by atoms with Gasteiger partial charge in [0, 0.05) is 19.6 Å². The fourth-order valence-electron chi connectivity index (χ4n) is 2.56. The Bertz CT molecular complexity index is 540. The zero-order valence-corrected chi connectivity index (χ0v) is 12.6. The van der Waals surface area contributed by atoms with Crippen LogP contribution in [0, 0.1) is 5.92 Å². The van der Waals surface area contributed by atoms with Crippen LogP contribution >= 0.6 is 0 Å². The Hall–Kier alpha value is -2.04. The minimum atomic E-state index is -0.901. The predicted molar refractivity (Wildman–Crippen MR) is 80.4 cm³/mol. The molecule has 0 spiro atoms. The van der Waals surface area contributed by atoms with Crippen LogP contribution in [0.4, 0.5) is 4.79 Å². The summed E-state index contributed by atoms with van der Waals surface area (Å²) in [5, 5.41) is 12.1. The lowest BCUT2D eigenvalue weighted by Gasteiger charge is -2.29. The number of carboxylic acids is 1. The van der Waals surface area contributed by atoms with E-state index >= 15 is 0 Å². The van der Waals surface area contributed by atoms with E-state index in [1.807, 2.05) is 6.07 Å². The number of carbonyl (C=O) groups is 2. The van der Waals surface area contributed by atoms with Crippen LogP contribution in [-0.2, 0) is 13.0 Å². The minimum absolute atomic E-state index is 0.0676. The van der Waals surface area contributed by atoms with E-state index in [-0.39, 0.29) is 6.03 Å². The van der Waals surface area contributed by atoms with Crippen LogP contribution < -0.4 is 5.32 Å². The summed E-state index contributed by atoms with van der Waals surface area (Å²) < 4.78 is 0. The van der Waals surface area contributed by atoms with Gasteiger partial charge in [-0.2, -0.15) is 0 Å². The first-order valence-electron chi connectivity index (χ1n) is 7.36. The van der Waals surface area contributed by atoms with Gasteiger partial charge in [-0.3, -0.25) is 0 Å². The summed E-state index contributed by atoms with van der Waals surface area (Å²) in [5.74, 6) is -0.341. The van der Waals surface area contributed by atoms with Crippen LogP contribution in [-0.4, -0.2) is 35.1 Å². The first-order chi connectivity index (χ1) is 9.99. The number of carbonyl (C=O) groups excluding carboxylic acids is 1. The van der Waals surface area contributed by atoms with Gasteiger partial charge in [-0.05, 0) is 36.0 Å². The quantitative estimate of drug-likeness (QED) is 0.895. The molecular weight excluding hydrogens is 268 g/mol. The van der Waals surface area contributed by atoms with E-state index in [0.717, 1.165) is 17.5 Å². The van der Waals surface area contributed by atoms with Crippen molar-refractivity contribution in [2.75, 3.05) is 13.1 Å². The summed E-state index contributed by atoms with van der Waals surface area (Å²) >= 11 is 0. The molecule has 1 heterocycles. The second-order valence-electron chi connectivity index (χ2n) is 5.83. The third-order valence-corrected chi connectivity index (χ3v) is 3.78. The molecule has 0 radical (unpaired) electrons. The molecule has 0 bridgehead atoms. The van der Waals surface area contributed by atoms with Crippen LogP contribution in [0.15, 0.2) is 18.2 Å². The molecular formula is C16H22N2O3. The summed E-state index contributed by atoms with van der Waals surface area (Å²) in [6, 6.07) is 5.19. The SMILES string of the molecule is CC(C)CCNC(=O)N1CCc2c(cccc2C(=O)O)C1.